The summed E-state index contributed by atoms with van der Waals surface area (Å²) < 4.78 is 3.93. The first-order valence-corrected chi connectivity index (χ1v) is 6.43. The van der Waals surface area contributed by atoms with Gasteiger partial charge in [-0.15, -0.1) is 5.10 Å². The van der Waals surface area contributed by atoms with Crippen LogP contribution in [0.25, 0.3) is 0 Å². The molecule has 0 aromatic carbocycles. The van der Waals surface area contributed by atoms with Crippen LogP contribution in [0.4, 0.5) is 0 Å². The van der Waals surface area contributed by atoms with Gasteiger partial charge in [-0.25, -0.2) is 9.67 Å². The number of hydrogen-bond acceptors (Lipinski definition) is 4. The van der Waals surface area contributed by atoms with Gasteiger partial charge < -0.3 is 4.57 Å². The van der Waals surface area contributed by atoms with Gasteiger partial charge in [0.2, 0.25) is 0 Å². The Kier molecular flexibility index (Phi) is 3.71. The molecule has 0 aliphatic carbocycles. The van der Waals surface area contributed by atoms with Gasteiger partial charge in [0.1, 0.15) is 5.82 Å². The van der Waals surface area contributed by atoms with E-state index in [1.807, 2.05) is 34.9 Å². The summed E-state index contributed by atoms with van der Waals surface area (Å²) in [4.78, 5) is 6.50. The minimum absolute atomic E-state index is 0.0243. The molecule has 2 heterocycles. The maximum Gasteiger partial charge on any atom is 0.122 e. The van der Waals surface area contributed by atoms with Gasteiger partial charge in [0, 0.05) is 26.0 Å². The summed E-state index contributed by atoms with van der Waals surface area (Å²) in [5, 5.41) is 8.39. The molecule has 2 rings (SSSR count). The molecule has 0 aliphatic heterocycles. The van der Waals surface area contributed by atoms with Gasteiger partial charge in [-0.05, 0) is 27.8 Å². The van der Waals surface area contributed by atoms with Crippen molar-refractivity contribution in [3.05, 3.63) is 30.1 Å². The average molecular weight is 262 g/mol. The summed E-state index contributed by atoms with van der Waals surface area (Å²) in [6.07, 6.45) is 5.78. The SMILES string of the molecule is CN(Cc1cn(C(C)(C)C)nn1)Cc1nccn1C. The lowest BCUT2D eigenvalue weighted by Crippen LogP contribution is -2.22. The molecule has 0 fully saturated rings. The van der Waals surface area contributed by atoms with Crippen LogP contribution >= 0.6 is 0 Å². The van der Waals surface area contributed by atoms with Crippen LogP contribution in [0.5, 0.6) is 0 Å². The van der Waals surface area contributed by atoms with Crippen molar-refractivity contribution in [2.24, 2.45) is 7.05 Å². The topological polar surface area (TPSA) is 51.8 Å². The highest BCUT2D eigenvalue weighted by Gasteiger charge is 2.15. The third kappa shape index (κ3) is 3.41. The van der Waals surface area contributed by atoms with E-state index < -0.39 is 0 Å². The number of aromatic nitrogens is 5. The molecule has 0 saturated carbocycles. The maximum atomic E-state index is 4.32. The van der Waals surface area contributed by atoms with Crippen LogP contribution in [0.2, 0.25) is 0 Å². The molecular weight excluding hydrogens is 240 g/mol. The molecule has 0 aliphatic rings. The van der Waals surface area contributed by atoms with Crippen LogP contribution in [0.1, 0.15) is 32.3 Å². The normalized spacial score (nSPS) is 12.3. The average Bonchev–Trinajstić information content (AvgIpc) is 2.88. The van der Waals surface area contributed by atoms with Crippen LogP contribution in [-0.2, 0) is 25.7 Å². The number of hydrogen-bond donors (Lipinski definition) is 0. The van der Waals surface area contributed by atoms with Crippen molar-refractivity contribution in [2.75, 3.05) is 7.05 Å². The first-order valence-electron chi connectivity index (χ1n) is 6.43. The summed E-state index contributed by atoms with van der Waals surface area (Å²) in [6.45, 7) is 7.91. The summed E-state index contributed by atoms with van der Waals surface area (Å²) in [5.74, 6) is 1.05. The molecule has 0 bridgehead atoms. The van der Waals surface area contributed by atoms with E-state index in [9.17, 15) is 0 Å². The molecule has 0 amide bonds. The number of aryl methyl sites for hydroxylation is 1. The van der Waals surface area contributed by atoms with E-state index in [1.165, 1.54) is 0 Å². The van der Waals surface area contributed by atoms with E-state index in [0.717, 1.165) is 24.6 Å². The molecule has 2 aromatic heterocycles. The highest BCUT2D eigenvalue weighted by molar-refractivity contribution is 4.96. The fourth-order valence-corrected chi connectivity index (χ4v) is 1.82. The van der Waals surface area contributed by atoms with Crippen molar-refractivity contribution in [2.45, 2.75) is 39.4 Å². The van der Waals surface area contributed by atoms with Gasteiger partial charge in [-0.2, -0.15) is 0 Å². The third-order valence-electron chi connectivity index (χ3n) is 2.99. The standard InChI is InChI=1S/C13H22N6/c1-13(2,3)19-9-11(15-16-19)8-17(4)10-12-14-6-7-18(12)5/h6-7,9H,8,10H2,1-5H3. The zero-order valence-electron chi connectivity index (χ0n) is 12.3. The molecule has 2 aromatic rings. The van der Waals surface area contributed by atoms with Gasteiger partial charge in [-0.1, -0.05) is 5.21 Å². The van der Waals surface area contributed by atoms with E-state index >= 15 is 0 Å². The Morgan fingerprint density at radius 1 is 1.26 bits per heavy atom. The summed E-state index contributed by atoms with van der Waals surface area (Å²) >= 11 is 0. The van der Waals surface area contributed by atoms with E-state index in [0.29, 0.717) is 0 Å². The number of nitrogens with zero attached hydrogens (tertiary/aromatic N) is 6. The second-order valence-electron chi connectivity index (χ2n) is 5.95. The molecule has 0 N–H and O–H groups in total. The molecule has 104 valence electrons. The molecule has 19 heavy (non-hydrogen) atoms. The number of rotatable bonds is 4. The van der Waals surface area contributed by atoms with Gasteiger partial charge in [0.05, 0.1) is 24.0 Å². The first-order chi connectivity index (χ1) is 8.86. The Morgan fingerprint density at radius 2 is 2.00 bits per heavy atom. The highest BCUT2D eigenvalue weighted by atomic mass is 15.4. The fourth-order valence-electron chi connectivity index (χ4n) is 1.82. The van der Waals surface area contributed by atoms with Crippen LogP contribution in [0, 0.1) is 0 Å². The largest absolute Gasteiger partial charge is 0.337 e. The smallest absolute Gasteiger partial charge is 0.122 e. The van der Waals surface area contributed by atoms with Gasteiger partial charge >= 0.3 is 0 Å². The van der Waals surface area contributed by atoms with Crippen LogP contribution in [0.3, 0.4) is 0 Å². The van der Waals surface area contributed by atoms with Gasteiger partial charge in [0.15, 0.2) is 0 Å². The van der Waals surface area contributed by atoms with Crippen LogP contribution in [0.15, 0.2) is 18.6 Å². The predicted octanol–water partition coefficient (Wildman–Crippen LogP) is 1.40. The quantitative estimate of drug-likeness (QED) is 0.835. The van der Waals surface area contributed by atoms with Crippen LogP contribution in [-0.4, -0.2) is 36.5 Å². The van der Waals surface area contributed by atoms with Crippen molar-refractivity contribution in [1.82, 2.24) is 29.4 Å². The lowest BCUT2D eigenvalue weighted by molar-refractivity contribution is 0.303. The van der Waals surface area contributed by atoms with Gasteiger partial charge in [0.25, 0.3) is 0 Å². The Hall–Kier alpha value is -1.69. The Balaban J connectivity index is 1.98. The summed E-state index contributed by atoms with van der Waals surface area (Å²) in [5.41, 5.74) is 0.954. The van der Waals surface area contributed by atoms with Crippen LogP contribution < -0.4 is 0 Å². The minimum atomic E-state index is -0.0243. The van der Waals surface area contributed by atoms with E-state index in [1.54, 1.807) is 0 Å². The molecular formula is C13H22N6. The monoisotopic (exact) mass is 262 g/mol. The van der Waals surface area contributed by atoms with Crippen molar-refractivity contribution >= 4 is 0 Å². The summed E-state index contributed by atoms with van der Waals surface area (Å²) in [7, 11) is 4.07. The molecule has 0 radical (unpaired) electrons. The Labute approximate surface area is 114 Å². The molecule has 0 saturated heterocycles. The van der Waals surface area contributed by atoms with E-state index in [4.69, 9.17) is 0 Å². The molecule has 6 heteroatoms. The molecule has 0 spiro atoms. The maximum absolute atomic E-state index is 4.32. The second-order valence-corrected chi connectivity index (χ2v) is 5.95. The lowest BCUT2D eigenvalue weighted by atomic mass is 10.1. The zero-order chi connectivity index (χ0) is 14.0. The highest BCUT2D eigenvalue weighted by Crippen LogP contribution is 2.12. The summed E-state index contributed by atoms with van der Waals surface area (Å²) in [6, 6.07) is 0. The van der Waals surface area contributed by atoms with E-state index in [-0.39, 0.29) is 5.54 Å². The van der Waals surface area contributed by atoms with Crippen molar-refractivity contribution in [1.29, 1.82) is 0 Å². The van der Waals surface area contributed by atoms with Gasteiger partial charge in [-0.3, -0.25) is 4.90 Å². The Bertz CT molecular complexity index is 533. The van der Waals surface area contributed by atoms with Crippen molar-refractivity contribution < 1.29 is 0 Å². The second kappa shape index (κ2) is 5.13. The van der Waals surface area contributed by atoms with E-state index in [2.05, 4.69) is 48.0 Å². The third-order valence-corrected chi connectivity index (χ3v) is 2.99. The first kappa shape index (κ1) is 13.7. The number of imidazole rings is 1. The predicted molar refractivity (Wildman–Crippen MR) is 73.4 cm³/mol. The zero-order valence-corrected chi connectivity index (χ0v) is 12.3. The molecule has 0 atom stereocenters. The van der Waals surface area contributed by atoms with Crippen molar-refractivity contribution in [3.8, 4) is 0 Å². The fraction of sp³-hybridized carbons (Fsp3) is 0.615. The molecule has 0 unspecified atom stereocenters. The van der Waals surface area contributed by atoms with Crippen molar-refractivity contribution in [3.63, 3.8) is 0 Å². The molecule has 6 nitrogen and oxygen atoms in total. The minimum Gasteiger partial charge on any atom is -0.337 e. The lowest BCUT2D eigenvalue weighted by Gasteiger charge is -2.18. The Morgan fingerprint density at radius 3 is 2.53 bits per heavy atom.